The summed E-state index contributed by atoms with van der Waals surface area (Å²) < 4.78 is 35.9. The summed E-state index contributed by atoms with van der Waals surface area (Å²) in [5, 5.41) is 6.57. The van der Waals surface area contributed by atoms with Crippen LogP contribution >= 0.6 is 0 Å². The van der Waals surface area contributed by atoms with Crippen molar-refractivity contribution in [3.05, 3.63) is 47.6 Å². The van der Waals surface area contributed by atoms with Crippen molar-refractivity contribution >= 4 is 5.91 Å². The van der Waals surface area contributed by atoms with Crippen LogP contribution in [0, 0.1) is 5.82 Å². The van der Waals surface area contributed by atoms with Crippen molar-refractivity contribution in [2.75, 3.05) is 33.4 Å². The lowest BCUT2D eigenvalue weighted by molar-refractivity contribution is -0.130. The van der Waals surface area contributed by atoms with E-state index in [-0.39, 0.29) is 18.3 Å². The summed E-state index contributed by atoms with van der Waals surface area (Å²) in [5.41, 5.74) is 0.650. The highest BCUT2D eigenvalue weighted by molar-refractivity contribution is 5.81. The van der Waals surface area contributed by atoms with E-state index in [1.54, 1.807) is 25.3 Å². The van der Waals surface area contributed by atoms with Gasteiger partial charge in [-0.1, -0.05) is 5.16 Å². The largest absolute Gasteiger partial charge is 0.497 e. The molecule has 1 spiro atoms. The van der Waals surface area contributed by atoms with Gasteiger partial charge in [-0.05, 0) is 18.2 Å². The number of carbonyl (C=O) groups excluding carboxylic acids is 1. The predicted octanol–water partition coefficient (Wildman–Crippen LogP) is 1.50. The SMILES string of the molecule is COc1ccc(F)c(CN2CCOC3(COC(C(=O)NCc4ccon4)C3)C2)c1. The molecule has 2 unspecified atom stereocenters. The Labute approximate surface area is 167 Å². The second kappa shape index (κ2) is 8.48. The molecule has 29 heavy (non-hydrogen) atoms. The lowest BCUT2D eigenvalue weighted by Crippen LogP contribution is -2.52. The number of benzene rings is 1. The molecular formula is C20H24FN3O5. The molecule has 3 heterocycles. The molecule has 8 nitrogen and oxygen atoms in total. The topological polar surface area (TPSA) is 86.1 Å². The molecule has 4 rings (SSSR count). The van der Waals surface area contributed by atoms with Gasteiger partial charge in [0.2, 0.25) is 5.91 Å². The molecule has 0 aliphatic carbocycles. The van der Waals surface area contributed by atoms with Gasteiger partial charge < -0.3 is 24.1 Å². The molecular weight excluding hydrogens is 381 g/mol. The van der Waals surface area contributed by atoms with Gasteiger partial charge >= 0.3 is 0 Å². The Hall–Kier alpha value is -2.49. The average Bonchev–Trinajstić information content (AvgIpc) is 3.38. The van der Waals surface area contributed by atoms with Crippen LogP contribution in [0.15, 0.2) is 35.1 Å². The van der Waals surface area contributed by atoms with Crippen molar-refractivity contribution < 1.29 is 27.9 Å². The first-order valence-corrected chi connectivity index (χ1v) is 9.54. The number of halogens is 1. The maximum atomic E-state index is 14.2. The number of ether oxygens (including phenoxy) is 3. The zero-order valence-corrected chi connectivity index (χ0v) is 16.2. The molecule has 2 atom stereocenters. The molecule has 1 aromatic heterocycles. The van der Waals surface area contributed by atoms with Gasteiger partial charge in [0.05, 0.1) is 26.9 Å². The highest BCUT2D eigenvalue weighted by atomic mass is 19.1. The lowest BCUT2D eigenvalue weighted by atomic mass is 9.97. The molecule has 156 valence electrons. The minimum atomic E-state index is -0.588. The molecule has 9 heteroatoms. The first kappa shape index (κ1) is 19.8. The quantitative estimate of drug-likeness (QED) is 0.779. The molecule has 2 aliphatic rings. The van der Waals surface area contributed by atoms with E-state index in [1.165, 1.54) is 12.3 Å². The molecule has 0 bridgehead atoms. The van der Waals surface area contributed by atoms with Crippen molar-refractivity contribution in [1.82, 2.24) is 15.4 Å². The predicted molar refractivity (Wildman–Crippen MR) is 99.6 cm³/mol. The molecule has 2 saturated heterocycles. The van der Waals surface area contributed by atoms with Gasteiger partial charge in [-0.3, -0.25) is 9.69 Å². The Bertz CT molecular complexity index is 847. The van der Waals surface area contributed by atoms with Crippen LogP contribution in [0.3, 0.4) is 0 Å². The third kappa shape index (κ3) is 4.58. The summed E-state index contributed by atoms with van der Waals surface area (Å²) in [4.78, 5) is 14.6. The number of hydrogen-bond acceptors (Lipinski definition) is 7. The van der Waals surface area contributed by atoms with Crippen LogP contribution in [0.25, 0.3) is 0 Å². The zero-order valence-electron chi connectivity index (χ0n) is 16.2. The fourth-order valence-electron chi connectivity index (χ4n) is 3.81. The summed E-state index contributed by atoms with van der Waals surface area (Å²) in [6, 6.07) is 6.42. The number of nitrogens with one attached hydrogen (secondary N) is 1. The average molecular weight is 405 g/mol. The van der Waals surface area contributed by atoms with E-state index in [9.17, 15) is 9.18 Å². The van der Waals surface area contributed by atoms with E-state index in [2.05, 4.69) is 15.4 Å². The van der Waals surface area contributed by atoms with E-state index in [0.717, 1.165) is 0 Å². The molecule has 0 saturated carbocycles. The Kier molecular flexibility index (Phi) is 5.79. The van der Waals surface area contributed by atoms with E-state index in [4.69, 9.17) is 18.7 Å². The highest BCUT2D eigenvalue weighted by Crippen LogP contribution is 2.32. The molecule has 2 fully saturated rings. The number of aromatic nitrogens is 1. The van der Waals surface area contributed by atoms with Crippen molar-refractivity contribution in [2.45, 2.75) is 31.2 Å². The number of nitrogens with zero attached hydrogens (tertiary/aromatic N) is 2. The summed E-state index contributed by atoms with van der Waals surface area (Å²) in [6.07, 6.45) is 1.32. The minimum absolute atomic E-state index is 0.204. The fourth-order valence-corrected chi connectivity index (χ4v) is 3.81. The van der Waals surface area contributed by atoms with Gasteiger partial charge in [-0.25, -0.2) is 4.39 Å². The summed E-state index contributed by atoms with van der Waals surface area (Å²) in [7, 11) is 1.56. The van der Waals surface area contributed by atoms with Crippen LogP contribution in [-0.2, 0) is 27.4 Å². The van der Waals surface area contributed by atoms with Gasteiger partial charge in [0.1, 0.15) is 35.2 Å². The van der Waals surface area contributed by atoms with Crippen LogP contribution in [0.2, 0.25) is 0 Å². The third-order valence-electron chi connectivity index (χ3n) is 5.31. The van der Waals surface area contributed by atoms with Crippen LogP contribution in [-0.4, -0.2) is 61.1 Å². The maximum absolute atomic E-state index is 14.2. The van der Waals surface area contributed by atoms with Gasteiger partial charge in [0, 0.05) is 37.7 Å². The number of rotatable bonds is 6. The Morgan fingerprint density at radius 1 is 1.45 bits per heavy atom. The number of hydrogen-bond donors (Lipinski definition) is 1. The smallest absolute Gasteiger partial charge is 0.249 e. The first-order chi connectivity index (χ1) is 14.1. The summed E-state index contributed by atoms with van der Waals surface area (Å²) >= 11 is 0. The molecule has 2 aliphatic heterocycles. The molecule has 1 N–H and O–H groups in total. The third-order valence-corrected chi connectivity index (χ3v) is 5.31. The standard InChI is InChI=1S/C20H24FN3O5/c1-26-16-2-3-17(21)14(8-16)11-24-5-7-28-20(12-24)9-18(27-13-20)19(25)22-10-15-4-6-29-23-15/h2-4,6,8,18H,5,7,9-13H2,1H3,(H,22,25). The number of amides is 1. The van der Waals surface area contributed by atoms with Gasteiger partial charge in [0.15, 0.2) is 0 Å². The second-order valence-electron chi connectivity index (χ2n) is 7.41. The Morgan fingerprint density at radius 2 is 2.34 bits per heavy atom. The van der Waals surface area contributed by atoms with E-state index < -0.39 is 11.7 Å². The first-order valence-electron chi connectivity index (χ1n) is 9.54. The van der Waals surface area contributed by atoms with Gasteiger partial charge in [0.25, 0.3) is 0 Å². The minimum Gasteiger partial charge on any atom is -0.497 e. The second-order valence-corrected chi connectivity index (χ2v) is 7.41. The van der Waals surface area contributed by atoms with E-state index in [1.807, 2.05) is 0 Å². The van der Waals surface area contributed by atoms with Crippen molar-refractivity contribution in [3.8, 4) is 5.75 Å². The number of morpholine rings is 1. The van der Waals surface area contributed by atoms with Crippen molar-refractivity contribution in [1.29, 1.82) is 0 Å². The molecule has 1 aromatic carbocycles. The molecule has 1 amide bonds. The fraction of sp³-hybridized carbons (Fsp3) is 0.500. The normalized spacial score (nSPS) is 24.7. The van der Waals surface area contributed by atoms with Crippen molar-refractivity contribution in [3.63, 3.8) is 0 Å². The number of carbonyl (C=O) groups is 1. The monoisotopic (exact) mass is 405 g/mol. The summed E-state index contributed by atoms with van der Waals surface area (Å²) in [5.74, 6) is 0.154. The molecule has 2 aromatic rings. The van der Waals surface area contributed by atoms with Crippen LogP contribution in [0.4, 0.5) is 4.39 Å². The Balaban J connectivity index is 1.35. The number of methoxy groups -OCH3 is 1. The molecule has 0 radical (unpaired) electrons. The summed E-state index contributed by atoms with van der Waals surface area (Å²) in [6.45, 7) is 2.80. The van der Waals surface area contributed by atoms with Gasteiger partial charge in [-0.2, -0.15) is 0 Å². The highest BCUT2D eigenvalue weighted by Gasteiger charge is 2.46. The van der Waals surface area contributed by atoms with Gasteiger partial charge in [-0.15, -0.1) is 0 Å². The van der Waals surface area contributed by atoms with Crippen molar-refractivity contribution in [2.24, 2.45) is 0 Å². The zero-order chi connectivity index (χ0) is 20.3. The van der Waals surface area contributed by atoms with E-state index >= 15 is 0 Å². The Morgan fingerprint density at radius 3 is 3.14 bits per heavy atom. The van der Waals surface area contributed by atoms with Crippen LogP contribution in [0.1, 0.15) is 17.7 Å². The van der Waals surface area contributed by atoms with E-state index in [0.29, 0.717) is 56.3 Å². The van der Waals surface area contributed by atoms with Crippen LogP contribution < -0.4 is 10.1 Å². The lowest BCUT2D eigenvalue weighted by Gasteiger charge is -2.39. The maximum Gasteiger partial charge on any atom is 0.249 e. The van der Waals surface area contributed by atoms with Crippen LogP contribution in [0.5, 0.6) is 5.75 Å².